The van der Waals surface area contributed by atoms with Crippen LogP contribution in [0, 0.1) is 6.92 Å². The summed E-state index contributed by atoms with van der Waals surface area (Å²) >= 11 is 0. The second kappa shape index (κ2) is 5.87. The summed E-state index contributed by atoms with van der Waals surface area (Å²) in [7, 11) is 0. The molecule has 4 heteroatoms. The smallest absolute Gasteiger partial charge is 0.226 e. The Bertz CT molecular complexity index is 419. The quantitative estimate of drug-likeness (QED) is 0.876. The lowest BCUT2D eigenvalue weighted by molar-refractivity contribution is -0.131. The molecule has 0 saturated carbocycles. The number of carbonyl (C=O) groups excluding carboxylic acids is 1. The van der Waals surface area contributed by atoms with Gasteiger partial charge in [0.05, 0.1) is 19.1 Å². The van der Waals surface area contributed by atoms with Crippen LogP contribution < -0.4 is 4.74 Å². The third-order valence-electron chi connectivity index (χ3n) is 3.18. The Balaban J connectivity index is 1.75. The summed E-state index contributed by atoms with van der Waals surface area (Å²) < 4.78 is 5.58. The molecule has 0 aliphatic carbocycles. The monoisotopic (exact) mass is 249 g/mol. The van der Waals surface area contributed by atoms with Crippen molar-refractivity contribution < 1.29 is 14.6 Å². The van der Waals surface area contributed by atoms with Crippen LogP contribution in [0.1, 0.15) is 18.4 Å². The Hall–Kier alpha value is -1.55. The number of β-amino-alcohol motifs (C(OH)–C–C–N with tert-alkyl or cyclic N) is 1. The maximum Gasteiger partial charge on any atom is 0.226 e. The average molecular weight is 249 g/mol. The summed E-state index contributed by atoms with van der Waals surface area (Å²) in [4.78, 5) is 13.5. The lowest BCUT2D eigenvalue weighted by Gasteiger charge is -2.16. The Morgan fingerprint density at radius 2 is 2.28 bits per heavy atom. The third kappa shape index (κ3) is 3.23. The minimum absolute atomic E-state index is 0.0557. The normalized spacial score (nSPS) is 19.0. The van der Waals surface area contributed by atoms with E-state index in [4.69, 9.17) is 4.74 Å². The van der Waals surface area contributed by atoms with Crippen LogP contribution >= 0.6 is 0 Å². The summed E-state index contributed by atoms with van der Waals surface area (Å²) in [5.74, 6) is 0.881. The van der Waals surface area contributed by atoms with E-state index in [1.54, 1.807) is 4.90 Å². The van der Waals surface area contributed by atoms with Crippen molar-refractivity contribution in [1.82, 2.24) is 4.90 Å². The number of aliphatic hydroxyl groups excluding tert-OH is 1. The zero-order valence-corrected chi connectivity index (χ0v) is 10.6. The van der Waals surface area contributed by atoms with Crippen molar-refractivity contribution in [2.24, 2.45) is 0 Å². The number of nitrogens with zero attached hydrogens (tertiary/aromatic N) is 1. The highest BCUT2D eigenvalue weighted by molar-refractivity contribution is 5.76. The van der Waals surface area contributed by atoms with Gasteiger partial charge in [0.15, 0.2) is 0 Å². The van der Waals surface area contributed by atoms with E-state index in [0.29, 0.717) is 32.5 Å². The molecule has 18 heavy (non-hydrogen) atoms. The van der Waals surface area contributed by atoms with Gasteiger partial charge in [-0.15, -0.1) is 0 Å². The highest BCUT2D eigenvalue weighted by Crippen LogP contribution is 2.16. The number of amides is 1. The van der Waals surface area contributed by atoms with E-state index in [-0.39, 0.29) is 12.0 Å². The second-order valence-electron chi connectivity index (χ2n) is 4.65. The zero-order valence-electron chi connectivity index (χ0n) is 10.6. The molecule has 1 aromatic rings. The van der Waals surface area contributed by atoms with Crippen molar-refractivity contribution in [3.8, 4) is 5.75 Å². The van der Waals surface area contributed by atoms with E-state index >= 15 is 0 Å². The lowest BCUT2D eigenvalue weighted by atomic mass is 10.2. The van der Waals surface area contributed by atoms with Crippen LogP contribution in [-0.4, -0.2) is 41.7 Å². The van der Waals surface area contributed by atoms with Gasteiger partial charge in [0, 0.05) is 13.1 Å². The van der Waals surface area contributed by atoms with Crippen molar-refractivity contribution in [3.63, 3.8) is 0 Å². The van der Waals surface area contributed by atoms with Gasteiger partial charge in [-0.2, -0.15) is 0 Å². The van der Waals surface area contributed by atoms with Gasteiger partial charge < -0.3 is 14.7 Å². The molecule has 1 N–H and O–H groups in total. The van der Waals surface area contributed by atoms with E-state index in [2.05, 4.69) is 0 Å². The molecule has 1 atom stereocenters. The molecule has 1 aromatic carbocycles. The Morgan fingerprint density at radius 3 is 2.94 bits per heavy atom. The molecule has 1 amide bonds. The molecule has 0 radical (unpaired) electrons. The molecule has 0 aromatic heterocycles. The largest absolute Gasteiger partial charge is 0.493 e. The lowest BCUT2D eigenvalue weighted by Crippen LogP contribution is -2.30. The van der Waals surface area contributed by atoms with Gasteiger partial charge in [-0.25, -0.2) is 0 Å². The summed E-state index contributed by atoms with van der Waals surface area (Å²) in [5, 5.41) is 9.36. The Labute approximate surface area is 107 Å². The molecule has 2 rings (SSSR count). The molecule has 1 saturated heterocycles. The van der Waals surface area contributed by atoms with E-state index in [1.807, 2.05) is 31.2 Å². The molecule has 98 valence electrons. The number of benzene rings is 1. The molecule has 0 unspecified atom stereocenters. The first-order valence-corrected chi connectivity index (χ1v) is 6.31. The summed E-state index contributed by atoms with van der Waals surface area (Å²) in [6, 6.07) is 7.76. The van der Waals surface area contributed by atoms with Crippen molar-refractivity contribution in [2.75, 3.05) is 19.7 Å². The molecule has 4 nitrogen and oxygen atoms in total. The number of hydrogen-bond acceptors (Lipinski definition) is 3. The maximum absolute atomic E-state index is 11.8. The van der Waals surface area contributed by atoms with Crippen molar-refractivity contribution in [2.45, 2.75) is 25.9 Å². The SMILES string of the molecule is Cc1ccccc1OCCC(=O)N1CC[C@H](O)C1. The maximum atomic E-state index is 11.8. The van der Waals surface area contributed by atoms with E-state index in [1.165, 1.54) is 0 Å². The number of aliphatic hydroxyl groups is 1. The van der Waals surface area contributed by atoms with Gasteiger partial charge in [-0.3, -0.25) is 4.79 Å². The fraction of sp³-hybridized carbons (Fsp3) is 0.500. The van der Waals surface area contributed by atoms with Crippen LogP contribution in [0.25, 0.3) is 0 Å². The second-order valence-corrected chi connectivity index (χ2v) is 4.65. The summed E-state index contributed by atoms with van der Waals surface area (Å²) in [5.41, 5.74) is 1.07. The summed E-state index contributed by atoms with van der Waals surface area (Å²) in [6.07, 6.45) is 0.692. The first-order valence-electron chi connectivity index (χ1n) is 6.31. The number of rotatable bonds is 4. The van der Waals surface area contributed by atoms with Crippen molar-refractivity contribution in [1.29, 1.82) is 0 Å². The van der Waals surface area contributed by atoms with E-state index in [9.17, 15) is 9.90 Å². The van der Waals surface area contributed by atoms with Crippen LogP contribution in [-0.2, 0) is 4.79 Å². The van der Waals surface area contributed by atoms with Crippen LogP contribution in [0.4, 0.5) is 0 Å². The fourth-order valence-electron chi connectivity index (χ4n) is 2.09. The number of para-hydroxylation sites is 1. The van der Waals surface area contributed by atoms with Crippen molar-refractivity contribution in [3.05, 3.63) is 29.8 Å². The van der Waals surface area contributed by atoms with Crippen molar-refractivity contribution >= 4 is 5.91 Å². The summed E-state index contributed by atoms with van der Waals surface area (Å²) in [6.45, 7) is 3.48. The Kier molecular flexibility index (Phi) is 4.20. The number of carbonyl (C=O) groups is 1. The molecule has 1 aliphatic rings. The predicted octanol–water partition coefficient (Wildman–Crippen LogP) is 1.36. The number of ether oxygens (including phenoxy) is 1. The molecule has 1 fully saturated rings. The average Bonchev–Trinajstić information content (AvgIpc) is 2.78. The highest BCUT2D eigenvalue weighted by Gasteiger charge is 2.23. The topological polar surface area (TPSA) is 49.8 Å². The standard InChI is InChI=1S/C14H19NO3/c1-11-4-2-3-5-13(11)18-9-7-14(17)15-8-6-12(16)10-15/h2-5,12,16H,6-10H2,1H3/t12-/m0/s1. The van der Waals surface area contributed by atoms with Gasteiger partial charge >= 0.3 is 0 Å². The van der Waals surface area contributed by atoms with Crippen LogP contribution in [0.15, 0.2) is 24.3 Å². The first kappa shape index (κ1) is 12.9. The van der Waals surface area contributed by atoms with Gasteiger partial charge in [0.2, 0.25) is 5.91 Å². The fourth-order valence-corrected chi connectivity index (χ4v) is 2.09. The van der Waals surface area contributed by atoms with Gasteiger partial charge in [-0.1, -0.05) is 18.2 Å². The Morgan fingerprint density at radius 1 is 1.50 bits per heavy atom. The third-order valence-corrected chi connectivity index (χ3v) is 3.18. The minimum Gasteiger partial charge on any atom is -0.493 e. The molecule has 0 bridgehead atoms. The number of likely N-dealkylation sites (tertiary alicyclic amines) is 1. The van der Waals surface area contributed by atoms with E-state index < -0.39 is 0 Å². The van der Waals surface area contributed by atoms with Crippen LogP contribution in [0.3, 0.4) is 0 Å². The molecule has 1 heterocycles. The van der Waals surface area contributed by atoms with Gasteiger partial charge in [-0.05, 0) is 25.0 Å². The van der Waals surface area contributed by atoms with Gasteiger partial charge in [0.25, 0.3) is 0 Å². The van der Waals surface area contributed by atoms with E-state index in [0.717, 1.165) is 11.3 Å². The minimum atomic E-state index is -0.355. The molecular weight excluding hydrogens is 230 g/mol. The molecule has 1 aliphatic heterocycles. The highest BCUT2D eigenvalue weighted by atomic mass is 16.5. The zero-order chi connectivity index (χ0) is 13.0. The predicted molar refractivity (Wildman–Crippen MR) is 68.5 cm³/mol. The van der Waals surface area contributed by atoms with Gasteiger partial charge in [0.1, 0.15) is 5.75 Å². The van der Waals surface area contributed by atoms with Crippen LogP contribution in [0.2, 0.25) is 0 Å². The number of hydrogen-bond donors (Lipinski definition) is 1. The molecule has 0 spiro atoms. The molecular formula is C14H19NO3. The number of aryl methyl sites for hydroxylation is 1. The first-order chi connectivity index (χ1) is 8.66. The van der Waals surface area contributed by atoms with Crippen LogP contribution in [0.5, 0.6) is 5.75 Å².